The summed E-state index contributed by atoms with van der Waals surface area (Å²) in [7, 11) is 3.38. The van der Waals surface area contributed by atoms with Crippen LogP contribution in [0.1, 0.15) is 5.69 Å². The van der Waals surface area contributed by atoms with Crippen molar-refractivity contribution in [3.8, 4) is 5.88 Å². The van der Waals surface area contributed by atoms with E-state index in [9.17, 15) is 4.79 Å². The molecule has 18 heavy (non-hydrogen) atoms. The van der Waals surface area contributed by atoms with Gasteiger partial charge in [-0.3, -0.25) is 4.79 Å². The van der Waals surface area contributed by atoms with E-state index >= 15 is 0 Å². The summed E-state index contributed by atoms with van der Waals surface area (Å²) in [5.41, 5.74) is 0.763. The summed E-state index contributed by atoms with van der Waals surface area (Å²) in [5.74, 6) is 0.595. The first-order chi connectivity index (χ1) is 8.70. The third-order valence-electron chi connectivity index (χ3n) is 2.78. The first-order valence-corrected chi connectivity index (χ1v) is 5.86. The molecule has 0 saturated carbocycles. The highest BCUT2D eigenvalue weighted by molar-refractivity contribution is 5.81. The number of methoxy groups -OCH3 is 1. The number of nitrogens with zero attached hydrogens (tertiary/aromatic N) is 2. The van der Waals surface area contributed by atoms with E-state index in [1.807, 2.05) is 0 Å². The molecule has 1 aliphatic heterocycles. The summed E-state index contributed by atoms with van der Waals surface area (Å²) in [5, 5.41) is 10.1. The molecule has 7 heteroatoms. The Kier molecular flexibility index (Phi) is 4.16. The number of aryl methyl sites for hydroxylation is 1. The fourth-order valence-electron chi connectivity index (χ4n) is 1.82. The zero-order valence-electron chi connectivity index (χ0n) is 10.6. The molecule has 0 aliphatic carbocycles. The van der Waals surface area contributed by atoms with E-state index in [4.69, 9.17) is 9.47 Å². The number of aromatic nitrogens is 2. The summed E-state index contributed by atoms with van der Waals surface area (Å²) in [6, 6.07) is 1.52. The van der Waals surface area contributed by atoms with Crippen LogP contribution < -0.4 is 15.4 Å². The third kappa shape index (κ3) is 2.99. The van der Waals surface area contributed by atoms with Crippen LogP contribution in [0, 0.1) is 0 Å². The smallest absolute Gasteiger partial charge is 0.239 e. The lowest BCUT2D eigenvalue weighted by atomic mass is 10.2. The molecule has 1 unspecified atom stereocenters. The van der Waals surface area contributed by atoms with Crippen molar-refractivity contribution in [1.82, 2.24) is 20.4 Å². The van der Waals surface area contributed by atoms with Crippen molar-refractivity contribution >= 4 is 5.91 Å². The van der Waals surface area contributed by atoms with Crippen molar-refractivity contribution in [2.24, 2.45) is 7.05 Å². The number of hydrogen-bond donors (Lipinski definition) is 2. The van der Waals surface area contributed by atoms with Crippen LogP contribution in [-0.4, -0.2) is 48.6 Å². The molecule has 7 nitrogen and oxygen atoms in total. The molecule has 0 aromatic carbocycles. The molecule has 1 aliphatic rings. The Labute approximate surface area is 105 Å². The van der Waals surface area contributed by atoms with Gasteiger partial charge in [-0.15, -0.1) is 0 Å². The van der Waals surface area contributed by atoms with Gasteiger partial charge < -0.3 is 20.1 Å². The van der Waals surface area contributed by atoms with Gasteiger partial charge in [0.15, 0.2) is 0 Å². The van der Waals surface area contributed by atoms with Gasteiger partial charge >= 0.3 is 0 Å². The molecule has 1 aromatic rings. The lowest BCUT2D eigenvalue weighted by Crippen LogP contribution is -2.51. The maximum Gasteiger partial charge on any atom is 0.239 e. The van der Waals surface area contributed by atoms with Gasteiger partial charge in [0, 0.05) is 19.7 Å². The summed E-state index contributed by atoms with van der Waals surface area (Å²) in [6.07, 6.45) is 0. The largest absolute Gasteiger partial charge is 0.481 e. The molecule has 1 atom stereocenters. The van der Waals surface area contributed by atoms with Crippen molar-refractivity contribution in [3.05, 3.63) is 11.8 Å². The number of carbonyl (C=O) groups is 1. The Hall–Kier alpha value is -1.60. The zero-order chi connectivity index (χ0) is 13.0. The maximum atomic E-state index is 11.8. The molecule has 0 spiro atoms. The Morgan fingerprint density at radius 2 is 2.61 bits per heavy atom. The van der Waals surface area contributed by atoms with Crippen LogP contribution in [0.15, 0.2) is 6.07 Å². The van der Waals surface area contributed by atoms with Gasteiger partial charge in [0.1, 0.15) is 6.04 Å². The van der Waals surface area contributed by atoms with E-state index in [1.165, 1.54) is 0 Å². The predicted octanol–water partition coefficient (Wildman–Crippen LogP) is -0.967. The van der Waals surface area contributed by atoms with Crippen molar-refractivity contribution in [2.75, 3.05) is 26.9 Å². The molecule has 0 radical (unpaired) electrons. The van der Waals surface area contributed by atoms with E-state index in [2.05, 4.69) is 15.7 Å². The molecule has 1 saturated heterocycles. The van der Waals surface area contributed by atoms with Gasteiger partial charge in [-0.05, 0) is 0 Å². The summed E-state index contributed by atoms with van der Waals surface area (Å²) in [6.45, 7) is 2.16. The summed E-state index contributed by atoms with van der Waals surface area (Å²) >= 11 is 0. The minimum absolute atomic E-state index is 0.0701. The molecule has 1 fully saturated rings. The molecule has 1 aromatic heterocycles. The second kappa shape index (κ2) is 5.83. The Morgan fingerprint density at radius 3 is 3.22 bits per heavy atom. The van der Waals surface area contributed by atoms with Crippen LogP contribution >= 0.6 is 0 Å². The van der Waals surface area contributed by atoms with Crippen molar-refractivity contribution in [2.45, 2.75) is 12.6 Å². The van der Waals surface area contributed by atoms with Crippen molar-refractivity contribution in [1.29, 1.82) is 0 Å². The number of nitrogens with one attached hydrogen (secondary N) is 2. The monoisotopic (exact) mass is 254 g/mol. The molecule has 2 rings (SSSR count). The van der Waals surface area contributed by atoms with Crippen LogP contribution in [0.5, 0.6) is 5.88 Å². The Balaban J connectivity index is 1.84. The van der Waals surface area contributed by atoms with Crippen molar-refractivity contribution in [3.63, 3.8) is 0 Å². The fraction of sp³-hybridized carbons (Fsp3) is 0.636. The highest BCUT2D eigenvalue weighted by Gasteiger charge is 2.20. The minimum Gasteiger partial charge on any atom is -0.481 e. The standard InChI is InChI=1S/C11H18N4O3/c1-15-10(17-2)5-8(14-15)6-13-11(16)9-7-18-4-3-12-9/h5,9,12H,3-4,6-7H2,1-2H3,(H,13,16). The second-order valence-electron chi connectivity index (χ2n) is 4.10. The average Bonchev–Trinajstić information content (AvgIpc) is 2.77. The van der Waals surface area contributed by atoms with Gasteiger partial charge in [-0.2, -0.15) is 5.10 Å². The van der Waals surface area contributed by atoms with Crippen LogP contribution in [-0.2, 0) is 23.1 Å². The highest BCUT2D eigenvalue weighted by Crippen LogP contribution is 2.10. The van der Waals surface area contributed by atoms with Gasteiger partial charge in [0.25, 0.3) is 0 Å². The number of carbonyl (C=O) groups excluding carboxylic acids is 1. The average molecular weight is 254 g/mol. The SMILES string of the molecule is COc1cc(CNC(=O)C2COCCN2)nn1C. The molecule has 2 N–H and O–H groups in total. The first kappa shape index (κ1) is 12.8. The highest BCUT2D eigenvalue weighted by atomic mass is 16.5. The van der Waals surface area contributed by atoms with E-state index in [0.717, 1.165) is 5.69 Å². The van der Waals surface area contributed by atoms with E-state index < -0.39 is 0 Å². The number of morpholine rings is 1. The van der Waals surface area contributed by atoms with Crippen molar-refractivity contribution < 1.29 is 14.3 Å². The lowest BCUT2D eigenvalue weighted by Gasteiger charge is -2.22. The Bertz CT molecular complexity index is 412. The minimum atomic E-state index is -0.274. The summed E-state index contributed by atoms with van der Waals surface area (Å²) in [4.78, 5) is 11.8. The fourth-order valence-corrected chi connectivity index (χ4v) is 1.82. The quantitative estimate of drug-likeness (QED) is 0.723. The van der Waals surface area contributed by atoms with Crippen LogP contribution in [0.2, 0.25) is 0 Å². The second-order valence-corrected chi connectivity index (χ2v) is 4.10. The first-order valence-electron chi connectivity index (χ1n) is 5.86. The molecule has 0 bridgehead atoms. The number of rotatable bonds is 4. The van der Waals surface area contributed by atoms with Gasteiger partial charge in [0.2, 0.25) is 11.8 Å². The van der Waals surface area contributed by atoms with Gasteiger partial charge in [-0.25, -0.2) is 4.68 Å². The predicted molar refractivity (Wildman–Crippen MR) is 64.2 cm³/mol. The molecule has 1 amide bonds. The molecule has 100 valence electrons. The van der Waals surface area contributed by atoms with E-state index in [-0.39, 0.29) is 11.9 Å². The normalized spacial score (nSPS) is 19.6. The molecule has 2 heterocycles. The van der Waals surface area contributed by atoms with Crippen LogP contribution in [0.4, 0.5) is 0 Å². The maximum absolute atomic E-state index is 11.8. The topological polar surface area (TPSA) is 77.4 Å². The third-order valence-corrected chi connectivity index (χ3v) is 2.78. The number of amides is 1. The van der Waals surface area contributed by atoms with Gasteiger partial charge in [0.05, 0.1) is 32.6 Å². The number of hydrogen-bond acceptors (Lipinski definition) is 5. The lowest BCUT2D eigenvalue weighted by molar-refractivity contribution is -0.126. The molecular weight excluding hydrogens is 236 g/mol. The van der Waals surface area contributed by atoms with E-state index in [0.29, 0.717) is 32.2 Å². The Morgan fingerprint density at radius 1 is 1.78 bits per heavy atom. The molecular formula is C11H18N4O3. The number of ether oxygens (including phenoxy) is 2. The van der Waals surface area contributed by atoms with E-state index in [1.54, 1.807) is 24.9 Å². The summed E-state index contributed by atoms with van der Waals surface area (Å²) < 4.78 is 12.0. The van der Waals surface area contributed by atoms with Gasteiger partial charge in [-0.1, -0.05) is 0 Å². The zero-order valence-corrected chi connectivity index (χ0v) is 10.6. The van der Waals surface area contributed by atoms with Crippen LogP contribution in [0.25, 0.3) is 0 Å². The van der Waals surface area contributed by atoms with Crippen LogP contribution in [0.3, 0.4) is 0 Å².